The number of thioether (sulfide) groups is 1. The van der Waals surface area contributed by atoms with E-state index in [2.05, 4.69) is 15.6 Å². The lowest BCUT2D eigenvalue weighted by molar-refractivity contribution is -0.122. The zero-order valence-electron chi connectivity index (χ0n) is 16.2. The van der Waals surface area contributed by atoms with Gasteiger partial charge in [0.05, 0.1) is 0 Å². The number of carbonyl (C=O) groups is 3. The van der Waals surface area contributed by atoms with Crippen molar-refractivity contribution in [2.24, 2.45) is 16.6 Å². The molecule has 1 saturated carbocycles. The highest BCUT2D eigenvalue weighted by Crippen LogP contribution is 2.34. The molecule has 1 fully saturated rings. The minimum Gasteiger partial charge on any atom is -0.369 e. The van der Waals surface area contributed by atoms with E-state index in [4.69, 9.17) is 28.9 Å². The molecule has 2 unspecified atom stereocenters. The lowest BCUT2D eigenvalue weighted by atomic mass is 9.86. The molecule has 10 heteroatoms. The summed E-state index contributed by atoms with van der Waals surface area (Å²) in [5.74, 6) is -0.227. The van der Waals surface area contributed by atoms with Crippen molar-refractivity contribution in [2.45, 2.75) is 62.1 Å². The first-order valence-corrected chi connectivity index (χ1v) is 11.8. The minimum atomic E-state index is -0.447. The number of hydrogen-bond acceptors (Lipinski definition) is 4. The van der Waals surface area contributed by atoms with Crippen LogP contribution < -0.4 is 16.4 Å². The fourth-order valence-electron chi connectivity index (χ4n) is 2.98. The zero-order valence-corrected chi connectivity index (χ0v) is 18.5. The molecule has 0 bridgehead atoms. The Balaban J connectivity index is 2.25. The van der Waals surface area contributed by atoms with Crippen LogP contribution >= 0.6 is 35.0 Å². The maximum absolute atomic E-state index is 12.1. The summed E-state index contributed by atoms with van der Waals surface area (Å²) in [7, 11) is 0. The molecule has 28 heavy (non-hydrogen) atoms. The van der Waals surface area contributed by atoms with Gasteiger partial charge in [-0.1, -0.05) is 6.42 Å². The van der Waals surface area contributed by atoms with E-state index in [-0.39, 0.29) is 47.3 Å². The first-order valence-electron chi connectivity index (χ1n) is 9.54. The number of nitrogens with zero attached hydrogens (tertiary/aromatic N) is 1. The van der Waals surface area contributed by atoms with Gasteiger partial charge in [0.15, 0.2) is 0 Å². The molecule has 2 atom stereocenters. The van der Waals surface area contributed by atoms with Gasteiger partial charge in [-0.25, -0.2) is 0 Å². The van der Waals surface area contributed by atoms with Crippen molar-refractivity contribution < 1.29 is 14.4 Å². The number of hydrogen-bond donors (Lipinski definition) is 3. The van der Waals surface area contributed by atoms with Crippen LogP contribution in [0.3, 0.4) is 0 Å². The summed E-state index contributed by atoms with van der Waals surface area (Å²) in [4.78, 5) is 39.1. The first kappa shape index (κ1) is 25.0. The van der Waals surface area contributed by atoms with Crippen molar-refractivity contribution in [3.05, 3.63) is 0 Å². The molecule has 1 aliphatic rings. The van der Waals surface area contributed by atoms with Crippen molar-refractivity contribution in [3.63, 3.8) is 0 Å². The molecule has 0 aliphatic heterocycles. The highest BCUT2D eigenvalue weighted by molar-refractivity contribution is 7.98. The van der Waals surface area contributed by atoms with Crippen LogP contribution in [0, 0.1) is 5.92 Å². The molecule has 3 amide bonds. The van der Waals surface area contributed by atoms with Crippen LogP contribution in [0.2, 0.25) is 0 Å². The van der Waals surface area contributed by atoms with Crippen LogP contribution in [0.5, 0.6) is 0 Å². The third-order valence-electron chi connectivity index (χ3n) is 4.46. The molecule has 7 nitrogen and oxygen atoms in total. The van der Waals surface area contributed by atoms with Gasteiger partial charge in [-0.05, 0) is 37.7 Å². The van der Waals surface area contributed by atoms with Gasteiger partial charge in [0.2, 0.25) is 23.7 Å². The quantitative estimate of drug-likeness (QED) is 0.203. The first-order chi connectivity index (χ1) is 13.3. The van der Waals surface area contributed by atoms with Crippen LogP contribution in [0.15, 0.2) is 4.99 Å². The second-order valence-corrected chi connectivity index (χ2v) is 8.93. The minimum absolute atomic E-state index is 0.0188. The number of rotatable bonds is 10. The fraction of sp³-hybridized carbons (Fsp3) is 0.778. The third kappa shape index (κ3) is 10.5. The maximum atomic E-state index is 12.1. The largest absolute Gasteiger partial charge is 0.369 e. The Labute approximate surface area is 180 Å². The fourth-order valence-corrected chi connectivity index (χ4v) is 4.32. The van der Waals surface area contributed by atoms with Crippen molar-refractivity contribution in [3.8, 4) is 0 Å². The molecule has 0 aromatic rings. The van der Waals surface area contributed by atoms with E-state index < -0.39 is 5.91 Å². The molecule has 0 aromatic carbocycles. The number of nitrogens with one attached hydrogen (secondary N) is 2. The van der Waals surface area contributed by atoms with E-state index in [1.807, 2.05) is 6.26 Å². The Morgan fingerprint density at radius 1 is 1.11 bits per heavy atom. The summed E-state index contributed by atoms with van der Waals surface area (Å²) in [5, 5.41) is 4.89. The van der Waals surface area contributed by atoms with Gasteiger partial charge >= 0.3 is 0 Å². The van der Waals surface area contributed by atoms with Gasteiger partial charge in [0, 0.05) is 42.5 Å². The summed E-state index contributed by atoms with van der Waals surface area (Å²) in [6.45, 7) is 0.404. The monoisotopic (exact) mass is 452 g/mol. The predicted molar refractivity (Wildman–Crippen MR) is 116 cm³/mol. The topological polar surface area (TPSA) is 114 Å². The zero-order chi connectivity index (χ0) is 20.9. The third-order valence-corrected chi connectivity index (χ3v) is 6.25. The number of carbonyl (C=O) groups excluding carboxylic acids is 3. The molecule has 0 radical (unpaired) electrons. The number of alkyl halides is 2. The molecule has 0 aromatic heterocycles. The molecule has 1 aliphatic carbocycles. The number of guanidine groups is 1. The second-order valence-electron chi connectivity index (χ2n) is 6.82. The van der Waals surface area contributed by atoms with Crippen molar-refractivity contribution in [1.29, 1.82) is 0 Å². The van der Waals surface area contributed by atoms with E-state index in [9.17, 15) is 14.4 Å². The van der Waals surface area contributed by atoms with Crippen LogP contribution in [0.1, 0.15) is 51.4 Å². The number of amides is 3. The average molecular weight is 453 g/mol. The van der Waals surface area contributed by atoms with Crippen LogP contribution in [-0.2, 0) is 14.4 Å². The normalized spacial score (nSPS) is 22.5. The Kier molecular flexibility index (Phi) is 12.6. The lowest BCUT2D eigenvalue weighted by Gasteiger charge is -2.30. The molecular formula is C18H30Cl2N4O3S. The predicted octanol–water partition coefficient (Wildman–Crippen LogP) is 2.39. The van der Waals surface area contributed by atoms with Gasteiger partial charge < -0.3 is 11.1 Å². The number of nitrogens with two attached hydrogens (primary N) is 1. The smallest absolute Gasteiger partial charge is 0.248 e. The highest BCUT2D eigenvalue weighted by Gasteiger charge is 2.32. The van der Waals surface area contributed by atoms with Crippen LogP contribution in [0.4, 0.5) is 0 Å². The molecule has 1 rings (SSSR count). The van der Waals surface area contributed by atoms with Crippen molar-refractivity contribution in [2.75, 3.05) is 18.6 Å². The van der Waals surface area contributed by atoms with E-state index in [0.29, 0.717) is 19.4 Å². The summed E-state index contributed by atoms with van der Waals surface area (Å²) in [5.41, 5.74) is 5.63. The van der Waals surface area contributed by atoms with Gasteiger partial charge in [0.1, 0.15) is 0 Å². The number of aliphatic imine (C=N–C) groups is 1. The van der Waals surface area contributed by atoms with Crippen molar-refractivity contribution >= 4 is 58.6 Å². The molecule has 0 saturated heterocycles. The lowest BCUT2D eigenvalue weighted by Crippen LogP contribution is -2.41. The molecule has 4 N–H and O–H groups in total. The van der Waals surface area contributed by atoms with Crippen molar-refractivity contribution in [1.82, 2.24) is 10.6 Å². The van der Waals surface area contributed by atoms with E-state index in [1.165, 1.54) is 0 Å². The van der Waals surface area contributed by atoms with E-state index >= 15 is 0 Å². The van der Waals surface area contributed by atoms with Gasteiger partial charge in [-0.2, -0.15) is 16.8 Å². The molecular weight excluding hydrogens is 423 g/mol. The van der Waals surface area contributed by atoms with Crippen LogP contribution in [-0.4, -0.2) is 53.0 Å². The summed E-state index contributed by atoms with van der Waals surface area (Å²) in [6, 6.07) is 0. The van der Waals surface area contributed by atoms with E-state index in [0.717, 1.165) is 31.4 Å². The van der Waals surface area contributed by atoms with Gasteiger partial charge in [-0.3, -0.25) is 19.7 Å². The van der Waals surface area contributed by atoms with Gasteiger partial charge in [0.25, 0.3) is 0 Å². The Hall–Kier alpha value is -0.990. The summed E-state index contributed by atoms with van der Waals surface area (Å²) in [6.07, 6.45) is 6.68. The average Bonchev–Trinajstić information content (AvgIpc) is 2.62. The molecule has 160 valence electrons. The summed E-state index contributed by atoms with van der Waals surface area (Å²) >= 11 is 14.2. The molecule has 0 spiro atoms. The Morgan fingerprint density at radius 3 is 2.43 bits per heavy atom. The molecule has 0 heterocycles. The SMILES string of the molecule is CSCCCC(=O)NCCCC(=O)N=C(N)NC(=O)CC1C(Cl)CCCC1Cl. The highest BCUT2D eigenvalue weighted by atomic mass is 35.5. The summed E-state index contributed by atoms with van der Waals surface area (Å²) < 4.78 is 0. The van der Waals surface area contributed by atoms with E-state index in [1.54, 1.807) is 11.8 Å². The van der Waals surface area contributed by atoms with Gasteiger partial charge in [-0.15, -0.1) is 23.2 Å². The Morgan fingerprint density at radius 2 is 1.79 bits per heavy atom. The number of halogens is 2. The maximum Gasteiger partial charge on any atom is 0.248 e. The second kappa shape index (κ2) is 14.1. The Bertz CT molecular complexity index is 553. The van der Waals surface area contributed by atoms with Crippen LogP contribution in [0.25, 0.3) is 0 Å². The standard InChI is InChI=1S/C18H30Cl2N4O3S/c1-28-10-4-8-15(25)22-9-3-7-16(26)23-18(21)24-17(27)11-12-13(19)5-2-6-14(12)20/h12-14H,2-11H2,1H3,(H,22,25)(H3,21,23,24,26,27).